The zero-order valence-corrected chi connectivity index (χ0v) is 13.6. The first-order chi connectivity index (χ1) is 9.04. The summed E-state index contributed by atoms with van der Waals surface area (Å²) in [6.45, 7) is 4.22. The molecule has 1 aromatic carbocycles. The minimum absolute atomic E-state index is 0.107. The van der Waals surface area contributed by atoms with Crippen LogP contribution in [0.1, 0.15) is 29.7 Å². The average Bonchev–Trinajstić information content (AvgIpc) is 2.80. The van der Waals surface area contributed by atoms with Crippen molar-refractivity contribution < 1.29 is 8.78 Å². The molecule has 0 radical (unpaired) electrons. The summed E-state index contributed by atoms with van der Waals surface area (Å²) < 4.78 is 29.4. The number of rotatable bonds is 4. The summed E-state index contributed by atoms with van der Waals surface area (Å²) in [5, 5.41) is 5.10. The van der Waals surface area contributed by atoms with Crippen LogP contribution >= 0.6 is 33.9 Å². The second-order valence-electron chi connectivity index (χ2n) is 4.27. The maximum Gasteiger partial charge on any atom is 0.134 e. The van der Waals surface area contributed by atoms with Crippen LogP contribution in [-0.4, -0.2) is 6.54 Å². The third-order valence-corrected chi connectivity index (χ3v) is 4.74. The fourth-order valence-corrected chi connectivity index (χ4v) is 3.41. The normalized spacial score (nSPS) is 12.7. The predicted octanol–water partition coefficient (Wildman–Crippen LogP) is 4.64. The zero-order chi connectivity index (χ0) is 14.0. The quantitative estimate of drug-likeness (QED) is 0.747. The number of hydrogen-bond acceptors (Lipinski definition) is 2. The first-order valence-corrected chi connectivity index (χ1v) is 7.92. The smallest absolute Gasteiger partial charge is 0.134 e. The van der Waals surface area contributed by atoms with E-state index in [9.17, 15) is 8.78 Å². The molecule has 0 amide bonds. The molecule has 1 N–H and O–H groups in total. The number of hydrogen-bond donors (Lipinski definition) is 1. The number of thiophene rings is 1. The molecular formula is C14H14F2INS. The molecule has 0 saturated carbocycles. The molecule has 1 heterocycles. The minimum atomic E-state index is -0.504. The molecule has 102 valence electrons. The second kappa shape index (κ2) is 6.28. The largest absolute Gasteiger partial charge is 0.306 e. The van der Waals surface area contributed by atoms with Crippen LogP contribution in [-0.2, 0) is 0 Å². The third-order valence-electron chi connectivity index (χ3n) is 2.94. The molecule has 5 heteroatoms. The lowest BCUT2D eigenvalue weighted by Crippen LogP contribution is -2.24. The van der Waals surface area contributed by atoms with Gasteiger partial charge in [0, 0.05) is 5.56 Å². The van der Waals surface area contributed by atoms with Crippen molar-refractivity contribution in [2.75, 3.05) is 6.54 Å². The van der Waals surface area contributed by atoms with Gasteiger partial charge >= 0.3 is 0 Å². The molecule has 1 aromatic heterocycles. The maximum atomic E-state index is 14.2. The Morgan fingerprint density at radius 3 is 2.68 bits per heavy atom. The Bertz CT molecular complexity index is 583. The highest BCUT2D eigenvalue weighted by Crippen LogP contribution is 2.31. The van der Waals surface area contributed by atoms with E-state index in [0.29, 0.717) is 12.1 Å². The Morgan fingerprint density at radius 1 is 1.37 bits per heavy atom. The maximum absolute atomic E-state index is 14.2. The summed E-state index contributed by atoms with van der Waals surface area (Å²) in [5.41, 5.74) is 1.47. The van der Waals surface area contributed by atoms with Crippen molar-refractivity contribution in [2.45, 2.75) is 19.9 Å². The molecule has 2 rings (SSSR count). The van der Waals surface area contributed by atoms with Gasteiger partial charge in [0.1, 0.15) is 11.6 Å². The van der Waals surface area contributed by atoms with Gasteiger partial charge < -0.3 is 5.32 Å². The van der Waals surface area contributed by atoms with E-state index in [1.54, 1.807) is 18.3 Å². The lowest BCUT2D eigenvalue weighted by molar-refractivity contribution is 0.507. The fraction of sp³-hybridized carbons (Fsp3) is 0.286. The van der Waals surface area contributed by atoms with Gasteiger partial charge in [0.15, 0.2) is 0 Å². The lowest BCUT2D eigenvalue weighted by Gasteiger charge is -2.19. The Labute approximate surface area is 129 Å². The van der Waals surface area contributed by atoms with Crippen LogP contribution in [0.5, 0.6) is 0 Å². The molecule has 0 saturated heterocycles. The fourth-order valence-electron chi connectivity index (χ4n) is 2.01. The number of aryl methyl sites for hydroxylation is 1. The molecular weight excluding hydrogens is 379 g/mol. The van der Waals surface area contributed by atoms with Crippen molar-refractivity contribution in [1.29, 1.82) is 0 Å². The van der Waals surface area contributed by atoms with E-state index in [2.05, 4.69) is 27.9 Å². The molecule has 0 aliphatic rings. The van der Waals surface area contributed by atoms with E-state index >= 15 is 0 Å². The molecule has 0 aliphatic heterocycles. The van der Waals surface area contributed by atoms with Crippen LogP contribution in [0.4, 0.5) is 8.78 Å². The van der Waals surface area contributed by atoms with Crippen LogP contribution < -0.4 is 5.32 Å². The molecule has 0 fully saturated rings. The van der Waals surface area contributed by atoms with Crippen LogP contribution in [0.25, 0.3) is 0 Å². The van der Waals surface area contributed by atoms with Crippen LogP contribution in [0, 0.1) is 21.4 Å². The van der Waals surface area contributed by atoms with Crippen LogP contribution in [0.3, 0.4) is 0 Å². The summed E-state index contributed by atoms with van der Waals surface area (Å²) in [6.07, 6.45) is 0. The van der Waals surface area contributed by atoms with E-state index in [4.69, 9.17) is 0 Å². The molecule has 1 nitrogen and oxygen atoms in total. The standard InChI is InChI=1S/C14H14F2INS/c1-3-18-14(9-6-11(17)19-7-9)12-10(15)5-4-8(2)13(12)16/h4-7,14,18H,3H2,1-2H3. The summed E-state index contributed by atoms with van der Waals surface area (Å²) in [5.74, 6) is -0.970. The first kappa shape index (κ1) is 14.9. The average molecular weight is 393 g/mol. The number of benzene rings is 1. The summed E-state index contributed by atoms with van der Waals surface area (Å²) in [6, 6.07) is 4.31. The summed E-state index contributed by atoms with van der Waals surface area (Å²) >= 11 is 3.78. The number of halogens is 3. The zero-order valence-electron chi connectivity index (χ0n) is 10.6. The highest BCUT2D eigenvalue weighted by Gasteiger charge is 2.23. The van der Waals surface area contributed by atoms with Crippen molar-refractivity contribution in [2.24, 2.45) is 0 Å². The van der Waals surface area contributed by atoms with Crippen molar-refractivity contribution in [1.82, 2.24) is 5.32 Å². The van der Waals surface area contributed by atoms with E-state index < -0.39 is 17.7 Å². The molecule has 0 spiro atoms. The second-order valence-corrected chi connectivity index (χ2v) is 7.07. The minimum Gasteiger partial charge on any atom is -0.306 e. The Hall–Kier alpha value is -0.530. The summed E-state index contributed by atoms with van der Waals surface area (Å²) in [7, 11) is 0. The van der Waals surface area contributed by atoms with E-state index in [1.165, 1.54) is 12.1 Å². The van der Waals surface area contributed by atoms with Gasteiger partial charge in [-0.2, -0.15) is 0 Å². The van der Waals surface area contributed by atoms with Gasteiger partial charge in [-0.05, 0) is 64.7 Å². The topological polar surface area (TPSA) is 12.0 Å². The Kier molecular flexibility index (Phi) is 4.92. The van der Waals surface area contributed by atoms with Crippen molar-refractivity contribution >= 4 is 33.9 Å². The molecule has 1 atom stereocenters. The highest BCUT2D eigenvalue weighted by molar-refractivity contribution is 14.1. The van der Waals surface area contributed by atoms with Gasteiger partial charge in [-0.15, -0.1) is 11.3 Å². The van der Waals surface area contributed by atoms with Crippen LogP contribution in [0.15, 0.2) is 23.6 Å². The van der Waals surface area contributed by atoms with Gasteiger partial charge in [-0.3, -0.25) is 0 Å². The number of nitrogens with one attached hydrogen (secondary N) is 1. The predicted molar refractivity (Wildman–Crippen MR) is 83.7 cm³/mol. The highest BCUT2D eigenvalue weighted by atomic mass is 127. The van der Waals surface area contributed by atoms with E-state index in [-0.39, 0.29) is 5.56 Å². The molecule has 1 unspecified atom stereocenters. The van der Waals surface area contributed by atoms with Crippen molar-refractivity contribution in [3.63, 3.8) is 0 Å². The SMILES string of the molecule is CCNC(c1csc(I)c1)c1c(F)ccc(C)c1F. The molecule has 0 bridgehead atoms. The van der Waals surface area contributed by atoms with Gasteiger partial charge in [0.2, 0.25) is 0 Å². The monoisotopic (exact) mass is 393 g/mol. The van der Waals surface area contributed by atoms with Gasteiger partial charge in [-0.1, -0.05) is 13.0 Å². The van der Waals surface area contributed by atoms with Crippen LogP contribution in [0.2, 0.25) is 0 Å². The first-order valence-electron chi connectivity index (χ1n) is 5.96. The summed E-state index contributed by atoms with van der Waals surface area (Å²) in [4.78, 5) is 0. The molecule has 19 heavy (non-hydrogen) atoms. The Morgan fingerprint density at radius 2 is 2.11 bits per heavy atom. The third kappa shape index (κ3) is 3.14. The lowest BCUT2D eigenvalue weighted by atomic mass is 9.98. The van der Waals surface area contributed by atoms with E-state index in [0.717, 1.165) is 8.45 Å². The molecule has 2 aromatic rings. The van der Waals surface area contributed by atoms with Crippen molar-refractivity contribution in [3.05, 3.63) is 54.8 Å². The van der Waals surface area contributed by atoms with Gasteiger partial charge in [0.25, 0.3) is 0 Å². The van der Waals surface area contributed by atoms with Crippen molar-refractivity contribution in [3.8, 4) is 0 Å². The Balaban J connectivity index is 2.53. The molecule has 0 aliphatic carbocycles. The van der Waals surface area contributed by atoms with E-state index in [1.807, 2.05) is 18.4 Å². The van der Waals surface area contributed by atoms with Gasteiger partial charge in [0.05, 0.1) is 8.93 Å². The van der Waals surface area contributed by atoms with Gasteiger partial charge in [-0.25, -0.2) is 8.78 Å².